The quantitative estimate of drug-likeness (QED) is 0.845. The zero-order valence-electron chi connectivity index (χ0n) is 10.3. The van der Waals surface area contributed by atoms with E-state index in [9.17, 15) is 5.11 Å². The maximum Gasteiger partial charge on any atom is 0.0570 e. The fraction of sp³-hybridized carbons (Fsp3) is 0.600. The van der Waals surface area contributed by atoms with E-state index >= 15 is 0 Å². The largest absolute Gasteiger partial charge is 0.393 e. The monoisotopic (exact) mass is 231 g/mol. The lowest BCUT2D eigenvalue weighted by Crippen LogP contribution is -2.52. The SMILES string of the molecule is OC1CC2CCC[C@H](C1)N2Cc1ccccc1. The van der Waals surface area contributed by atoms with Gasteiger partial charge in [-0.05, 0) is 31.2 Å². The Kier molecular flexibility index (Phi) is 3.17. The molecule has 0 aromatic heterocycles. The first kappa shape index (κ1) is 11.2. The summed E-state index contributed by atoms with van der Waals surface area (Å²) in [6.45, 7) is 1.06. The molecule has 0 radical (unpaired) electrons. The van der Waals surface area contributed by atoms with Gasteiger partial charge < -0.3 is 5.11 Å². The molecular weight excluding hydrogens is 210 g/mol. The second-order valence-corrected chi connectivity index (χ2v) is 5.52. The van der Waals surface area contributed by atoms with E-state index in [4.69, 9.17) is 0 Å². The Morgan fingerprint density at radius 3 is 2.35 bits per heavy atom. The fourth-order valence-corrected chi connectivity index (χ4v) is 3.50. The third kappa shape index (κ3) is 2.38. The van der Waals surface area contributed by atoms with Crippen LogP contribution in [0.25, 0.3) is 0 Å². The number of piperidine rings is 2. The molecule has 3 atom stereocenters. The molecule has 2 nitrogen and oxygen atoms in total. The molecule has 17 heavy (non-hydrogen) atoms. The number of benzene rings is 1. The van der Waals surface area contributed by atoms with Crippen molar-refractivity contribution in [2.45, 2.75) is 56.8 Å². The summed E-state index contributed by atoms with van der Waals surface area (Å²) in [6.07, 6.45) is 5.76. The smallest absolute Gasteiger partial charge is 0.0570 e. The second kappa shape index (κ2) is 4.79. The maximum absolute atomic E-state index is 9.87. The molecule has 2 saturated heterocycles. The molecule has 1 aromatic rings. The fourth-order valence-electron chi connectivity index (χ4n) is 3.50. The predicted molar refractivity (Wildman–Crippen MR) is 68.7 cm³/mol. The Balaban J connectivity index is 1.74. The van der Waals surface area contributed by atoms with Crippen molar-refractivity contribution in [3.8, 4) is 0 Å². The van der Waals surface area contributed by atoms with Crippen LogP contribution in [0.1, 0.15) is 37.7 Å². The van der Waals surface area contributed by atoms with E-state index in [0.717, 1.165) is 19.4 Å². The van der Waals surface area contributed by atoms with Crippen LogP contribution in [-0.2, 0) is 6.54 Å². The molecule has 92 valence electrons. The molecule has 0 aliphatic carbocycles. The zero-order chi connectivity index (χ0) is 11.7. The number of hydrogen-bond donors (Lipinski definition) is 1. The first-order valence-corrected chi connectivity index (χ1v) is 6.80. The van der Waals surface area contributed by atoms with Crippen LogP contribution in [0.3, 0.4) is 0 Å². The molecule has 2 heteroatoms. The molecule has 2 aliphatic heterocycles. The molecule has 0 saturated carbocycles. The Morgan fingerprint density at radius 1 is 1.06 bits per heavy atom. The number of hydrogen-bond acceptors (Lipinski definition) is 2. The Labute approximate surface area is 103 Å². The van der Waals surface area contributed by atoms with Crippen LogP contribution in [0.2, 0.25) is 0 Å². The van der Waals surface area contributed by atoms with Crippen molar-refractivity contribution >= 4 is 0 Å². The Bertz CT molecular complexity index is 350. The van der Waals surface area contributed by atoms with Gasteiger partial charge in [-0.15, -0.1) is 0 Å². The van der Waals surface area contributed by atoms with Gasteiger partial charge in [0.15, 0.2) is 0 Å². The van der Waals surface area contributed by atoms with Crippen molar-refractivity contribution in [3.63, 3.8) is 0 Å². The molecule has 2 fully saturated rings. The van der Waals surface area contributed by atoms with E-state index in [1.807, 2.05) is 0 Å². The van der Waals surface area contributed by atoms with Gasteiger partial charge in [-0.1, -0.05) is 36.8 Å². The summed E-state index contributed by atoms with van der Waals surface area (Å²) in [5.41, 5.74) is 1.40. The number of aliphatic hydroxyl groups excluding tert-OH is 1. The van der Waals surface area contributed by atoms with Gasteiger partial charge in [-0.25, -0.2) is 0 Å². The lowest BCUT2D eigenvalue weighted by Gasteiger charge is -2.47. The summed E-state index contributed by atoms with van der Waals surface area (Å²) in [6, 6.07) is 11.9. The van der Waals surface area contributed by atoms with Crippen LogP contribution in [0, 0.1) is 0 Å². The molecule has 1 aromatic carbocycles. The molecule has 0 amide bonds. The van der Waals surface area contributed by atoms with Crippen molar-refractivity contribution in [2.24, 2.45) is 0 Å². The topological polar surface area (TPSA) is 23.5 Å². The van der Waals surface area contributed by atoms with Gasteiger partial charge in [0.25, 0.3) is 0 Å². The van der Waals surface area contributed by atoms with Crippen LogP contribution in [0.4, 0.5) is 0 Å². The molecule has 2 bridgehead atoms. The van der Waals surface area contributed by atoms with Crippen molar-refractivity contribution < 1.29 is 5.11 Å². The van der Waals surface area contributed by atoms with Gasteiger partial charge in [0, 0.05) is 18.6 Å². The van der Waals surface area contributed by atoms with Crippen molar-refractivity contribution in [1.29, 1.82) is 0 Å². The highest BCUT2D eigenvalue weighted by Crippen LogP contribution is 2.35. The van der Waals surface area contributed by atoms with Crippen LogP contribution in [0.15, 0.2) is 30.3 Å². The maximum atomic E-state index is 9.87. The highest BCUT2D eigenvalue weighted by molar-refractivity contribution is 5.15. The molecule has 2 unspecified atom stereocenters. The second-order valence-electron chi connectivity index (χ2n) is 5.52. The van der Waals surface area contributed by atoms with Crippen LogP contribution in [-0.4, -0.2) is 28.2 Å². The molecule has 3 rings (SSSR count). The highest BCUT2D eigenvalue weighted by atomic mass is 16.3. The minimum Gasteiger partial charge on any atom is -0.393 e. The zero-order valence-corrected chi connectivity index (χ0v) is 10.3. The third-order valence-electron chi connectivity index (χ3n) is 4.31. The van der Waals surface area contributed by atoms with E-state index in [1.165, 1.54) is 24.8 Å². The van der Waals surface area contributed by atoms with Crippen LogP contribution in [0.5, 0.6) is 0 Å². The van der Waals surface area contributed by atoms with Gasteiger partial charge in [0.2, 0.25) is 0 Å². The molecule has 1 N–H and O–H groups in total. The molecular formula is C15H21NO. The number of rotatable bonds is 2. The minimum absolute atomic E-state index is 0.0580. The summed E-state index contributed by atoms with van der Waals surface area (Å²) >= 11 is 0. The standard InChI is InChI=1S/C15H21NO/c17-15-9-13-7-4-8-14(10-15)16(13)11-12-5-2-1-3-6-12/h1-3,5-6,13-15,17H,4,7-11H2/t13-,14?,15?/m1/s1. The van der Waals surface area contributed by atoms with Gasteiger partial charge in [-0.3, -0.25) is 4.90 Å². The van der Waals surface area contributed by atoms with E-state index in [-0.39, 0.29) is 6.10 Å². The van der Waals surface area contributed by atoms with Gasteiger partial charge in [0.1, 0.15) is 0 Å². The third-order valence-corrected chi connectivity index (χ3v) is 4.31. The predicted octanol–water partition coefficient (Wildman–Crippen LogP) is 2.56. The normalized spacial score (nSPS) is 33.6. The van der Waals surface area contributed by atoms with E-state index in [1.54, 1.807) is 0 Å². The summed E-state index contributed by atoms with van der Waals surface area (Å²) in [5.74, 6) is 0. The van der Waals surface area contributed by atoms with Gasteiger partial charge in [-0.2, -0.15) is 0 Å². The summed E-state index contributed by atoms with van der Waals surface area (Å²) < 4.78 is 0. The van der Waals surface area contributed by atoms with Gasteiger partial charge in [0.05, 0.1) is 6.10 Å². The van der Waals surface area contributed by atoms with E-state index in [2.05, 4.69) is 35.2 Å². The van der Waals surface area contributed by atoms with E-state index in [0.29, 0.717) is 12.1 Å². The van der Waals surface area contributed by atoms with Crippen molar-refractivity contribution in [3.05, 3.63) is 35.9 Å². The van der Waals surface area contributed by atoms with Gasteiger partial charge >= 0.3 is 0 Å². The molecule has 0 spiro atoms. The number of aliphatic hydroxyl groups is 1. The van der Waals surface area contributed by atoms with Crippen LogP contribution < -0.4 is 0 Å². The van der Waals surface area contributed by atoms with E-state index < -0.39 is 0 Å². The van der Waals surface area contributed by atoms with Crippen molar-refractivity contribution in [2.75, 3.05) is 0 Å². The highest BCUT2D eigenvalue weighted by Gasteiger charge is 2.37. The Morgan fingerprint density at radius 2 is 1.71 bits per heavy atom. The average molecular weight is 231 g/mol. The lowest BCUT2D eigenvalue weighted by molar-refractivity contribution is -0.0312. The molecule has 2 heterocycles. The number of nitrogens with zero attached hydrogens (tertiary/aromatic N) is 1. The van der Waals surface area contributed by atoms with Crippen LogP contribution >= 0.6 is 0 Å². The lowest BCUT2D eigenvalue weighted by atomic mass is 9.82. The summed E-state index contributed by atoms with van der Waals surface area (Å²) in [4.78, 5) is 2.63. The Hall–Kier alpha value is -0.860. The van der Waals surface area contributed by atoms with Crippen molar-refractivity contribution in [1.82, 2.24) is 4.90 Å². The minimum atomic E-state index is -0.0580. The first-order chi connectivity index (χ1) is 8.33. The molecule has 2 aliphatic rings. The average Bonchev–Trinajstić information content (AvgIpc) is 2.32. The first-order valence-electron chi connectivity index (χ1n) is 6.80. The summed E-state index contributed by atoms with van der Waals surface area (Å²) in [5, 5.41) is 9.87. The summed E-state index contributed by atoms with van der Waals surface area (Å²) in [7, 11) is 0. The number of fused-ring (bicyclic) bond motifs is 2.